The molecule has 0 aliphatic rings. The lowest BCUT2D eigenvalue weighted by atomic mass is 10.1. The predicted molar refractivity (Wildman–Crippen MR) is 113 cm³/mol. The van der Waals surface area contributed by atoms with E-state index in [9.17, 15) is 18.6 Å². The van der Waals surface area contributed by atoms with E-state index in [0.29, 0.717) is 11.1 Å². The molecule has 4 aromatic rings. The molecule has 2 N–H and O–H groups in total. The predicted octanol–water partition coefficient (Wildman–Crippen LogP) is 5.26. The summed E-state index contributed by atoms with van der Waals surface area (Å²) in [6.45, 7) is 0. The van der Waals surface area contributed by atoms with Gasteiger partial charge in [0.1, 0.15) is 11.5 Å². The fraction of sp³-hybridized carbons (Fsp3) is 0. The normalized spacial score (nSPS) is 11.3. The number of sulfone groups is 1. The molecule has 4 nitrogen and oxygen atoms in total. The van der Waals surface area contributed by atoms with Crippen molar-refractivity contribution in [3.63, 3.8) is 0 Å². The van der Waals surface area contributed by atoms with Crippen molar-refractivity contribution >= 4 is 9.84 Å². The fourth-order valence-electron chi connectivity index (χ4n) is 3.20. The molecule has 29 heavy (non-hydrogen) atoms. The molecular weight excluding hydrogens is 384 g/mol. The van der Waals surface area contributed by atoms with E-state index in [2.05, 4.69) is 0 Å². The minimum atomic E-state index is -3.86. The molecule has 0 saturated heterocycles. The van der Waals surface area contributed by atoms with Crippen LogP contribution in [0, 0.1) is 0 Å². The molecule has 144 valence electrons. The van der Waals surface area contributed by atoms with Crippen LogP contribution in [0.3, 0.4) is 0 Å². The summed E-state index contributed by atoms with van der Waals surface area (Å²) in [5.74, 6) is 0.0108. The smallest absolute Gasteiger partial charge is 0.206 e. The second-order valence-corrected chi connectivity index (χ2v) is 8.54. The van der Waals surface area contributed by atoms with Crippen LogP contribution in [0.4, 0.5) is 0 Å². The van der Waals surface area contributed by atoms with Crippen LogP contribution in [-0.2, 0) is 9.84 Å². The first kappa shape index (κ1) is 18.8. The van der Waals surface area contributed by atoms with Gasteiger partial charge in [0, 0.05) is 11.1 Å². The molecular formula is C24H18O4S. The average molecular weight is 402 g/mol. The van der Waals surface area contributed by atoms with Crippen molar-refractivity contribution in [3.8, 4) is 33.8 Å². The highest BCUT2D eigenvalue weighted by molar-refractivity contribution is 7.91. The van der Waals surface area contributed by atoms with Gasteiger partial charge in [0.05, 0.1) is 9.79 Å². The van der Waals surface area contributed by atoms with Crippen LogP contribution in [0.25, 0.3) is 22.3 Å². The Hall–Kier alpha value is -3.57. The van der Waals surface area contributed by atoms with E-state index in [4.69, 9.17) is 0 Å². The van der Waals surface area contributed by atoms with Crippen LogP contribution in [0.1, 0.15) is 0 Å². The molecule has 0 heterocycles. The maximum atomic E-state index is 13.3. The second kappa shape index (κ2) is 7.45. The van der Waals surface area contributed by atoms with Gasteiger partial charge < -0.3 is 10.2 Å². The van der Waals surface area contributed by atoms with Crippen LogP contribution in [0.2, 0.25) is 0 Å². The highest BCUT2D eigenvalue weighted by Gasteiger charge is 2.21. The van der Waals surface area contributed by atoms with Gasteiger partial charge in [0.15, 0.2) is 0 Å². The molecule has 0 fully saturated rings. The Bertz CT molecular complexity index is 1170. The Labute approximate surface area is 169 Å². The topological polar surface area (TPSA) is 74.6 Å². The van der Waals surface area contributed by atoms with Crippen molar-refractivity contribution in [1.82, 2.24) is 0 Å². The summed E-state index contributed by atoms with van der Waals surface area (Å²) in [4.78, 5) is 0.137. The van der Waals surface area contributed by atoms with Gasteiger partial charge in [-0.3, -0.25) is 0 Å². The zero-order chi connectivity index (χ0) is 20.4. The Balaban J connectivity index is 1.83. The summed E-state index contributed by atoms with van der Waals surface area (Å²) in [6.07, 6.45) is 0. The molecule has 0 unspecified atom stereocenters. The summed E-state index contributed by atoms with van der Waals surface area (Å²) in [7, 11) is -3.86. The Kier molecular flexibility index (Phi) is 4.82. The van der Waals surface area contributed by atoms with E-state index in [1.165, 1.54) is 36.4 Å². The Morgan fingerprint density at radius 1 is 0.517 bits per heavy atom. The first-order valence-corrected chi connectivity index (χ1v) is 10.5. The number of hydrogen-bond acceptors (Lipinski definition) is 4. The largest absolute Gasteiger partial charge is 0.507 e. The lowest BCUT2D eigenvalue weighted by Crippen LogP contribution is -2.02. The maximum Gasteiger partial charge on any atom is 0.206 e. The summed E-state index contributed by atoms with van der Waals surface area (Å²) < 4.78 is 26.5. The van der Waals surface area contributed by atoms with Gasteiger partial charge in [0.2, 0.25) is 9.84 Å². The molecule has 4 rings (SSSR count). The SMILES string of the molecule is O=S(=O)(c1ccc(O)c(-c2ccccc2)c1)c1ccc(O)c(-c2ccccc2)c1. The molecule has 0 amide bonds. The van der Waals surface area contributed by atoms with E-state index in [1.807, 2.05) is 36.4 Å². The number of rotatable bonds is 4. The number of aromatic hydroxyl groups is 2. The summed E-state index contributed by atoms with van der Waals surface area (Å²) in [6, 6.07) is 26.7. The van der Waals surface area contributed by atoms with Gasteiger partial charge in [-0.15, -0.1) is 0 Å². The number of benzene rings is 4. The van der Waals surface area contributed by atoms with Crippen molar-refractivity contribution in [3.05, 3.63) is 97.1 Å². The average Bonchev–Trinajstić information content (AvgIpc) is 2.75. The van der Waals surface area contributed by atoms with Gasteiger partial charge in [-0.25, -0.2) is 8.42 Å². The third-order valence-electron chi connectivity index (χ3n) is 4.73. The Morgan fingerprint density at radius 3 is 1.28 bits per heavy atom. The maximum absolute atomic E-state index is 13.3. The van der Waals surface area contributed by atoms with E-state index in [0.717, 1.165) is 11.1 Å². The highest BCUT2D eigenvalue weighted by atomic mass is 32.2. The minimum Gasteiger partial charge on any atom is -0.507 e. The van der Waals surface area contributed by atoms with Crippen molar-refractivity contribution in [2.75, 3.05) is 0 Å². The highest BCUT2D eigenvalue weighted by Crippen LogP contribution is 2.36. The van der Waals surface area contributed by atoms with Gasteiger partial charge in [-0.05, 0) is 47.5 Å². The molecule has 5 heteroatoms. The van der Waals surface area contributed by atoms with Crippen molar-refractivity contribution < 1.29 is 18.6 Å². The van der Waals surface area contributed by atoms with Crippen LogP contribution < -0.4 is 0 Å². The molecule has 0 atom stereocenters. The van der Waals surface area contributed by atoms with Gasteiger partial charge in [0.25, 0.3) is 0 Å². The molecule has 0 saturated carbocycles. The zero-order valence-corrected chi connectivity index (χ0v) is 16.2. The third kappa shape index (κ3) is 3.60. The van der Waals surface area contributed by atoms with Crippen LogP contribution in [0.5, 0.6) is 11.5 Å². The van der Waals surface area contributed by atoms with Crippen molar-refractivity contribution in [2.45, 2.75) is 9.79 Å². The van der Waals surface area contributed by atoms with E-state index in [1.54, 1.807) is 24.3 Å². The molecule has 0 aromatic heterocycles. The van der Waals surface area contributed by atoms with Gasteiger partial charge >= 0.3 is 0 Å². The molecule has 0 aliphatic heterocycles. The van der Waals surface area contributed by atoms with Crippen molar-refractivity contribution in [1.29, 1.82) is 0 Å². The van der Waals surface area contributed by atoms with Crippen LogP contribution >= 0.6 is 0 Å². The zero-order valence-electron chi connectivity index (χ0n) is 15.4. The molecule has 0 radical (unpaired) electrons. The van der Waals surface area contributed by atoms with Crippen molar-refractivity contribution in [2.24, 2.45) is 0 Å². The second-order valence-electron chi connectivity index (χ2n) is 6.59. The summed E-state index contributed by atoms with van der Waals surface area (Å²) >= 11 is 0. The molecule has 4 aromatic carbocycles. The quantitative estimate of drug-likeness (QED) is 0.488. The number of phenolic OH excluding ortho intramolecular Hbond substituents is 2. The van der Waals surface area contributed by atoms with Crippen LogP contribution in [0.15, 0.2) is 107 Å². The fourth-order valence-corrected chi connectivity index (χ4v) is 4.51. The van der Waals surface area contributed by atoms with Crippen LogP contribution in [-0.4, -0.2) is 18.6 Å². The Morgan fingerprint density at radius 2 is 0.897 bits per heavy atom. The van der Waals surface area contributed by atoms with E-state index in [-0.39, 0.29) is 21.3 Å². The third-order valence-corrected chi connectivity index (χ3v) is 6.48. The van der Waals surface area contributed by atoms with Gasteiger partial charge in [-0.2, -0.15) is 0 Å². The molecule has 0 spiro atoms. The summed E-state index contributed by atoms with van der Waals surface area (Å²) in [5, 5.41) is 20.5. The summed E-state index contributed by atoms with van der Waals surface area (Å²) in [5.41, 5.74) is 2.32. The molecule has 0 aliphatic carbocycles. The standard InChI is InChI=1S/C24H18O4S/c25-23-13-11-19(15-21(23)17-7-3-1-4-8-17)29(27,28)20-12-14-24(26)22(16-20)18-9-5-2-6-10-18/h1-16,25-26H. The first-order valence-electron chi connectivity index (χ1n) is 8.99. The van der Waals surface area contributed by atoms with E-state index >= 15 is 0 Å². The van der Waals surface area contributed by atoms with E-state index < -0.39 is 9.84 Å². The molecule has 0 bridgehead atoms. The lowest BCUT2D eigenvalue weighted by Gasteiger charge is -2.11. The minimum absolute atomic E-state index is 0.00540. The number of hydrogen-bond donors (Lipinski definition) is 2. The first-order chi connectivity index (χ1) is 14.0. The van der Waals surface area contributed by atoms with Gasteiger partial charge in [-0.1, -0.05) is 60.7 Å². The monoisotopic (exact) mass is 402 g/mol. The lowest BCUT2D eigenvalue weighted by molar-refractivity contribution is 0.476. The number of phenols is 2.